The van der Waals surface area contributed by atoms with Crippen LogP contribution < -0.4 is 5.32 Å². The SMILES string of the molecule is CC(=O)Nc1ccc(C=C(CO)B2OC(C)(C)C(C)(C)O2)c(C)n1. The molecule has 0 aliphatic carbocycles. The fourth-order valence-corrected chi connectivity index (χ4v) is 2.36. The molecule has 1 saturated heterocycles. The molecule has 0 aromatic carbocycles. The number of anilines is 1. The highest BCUT2D eigenvalue weighted by atomic mass is 16.7. The van der Waals surface area contributed by atoms with Gasteiger partial charge in [0.2, 0.25) is 5.91 Å². The van der Waals surface area contributed by atoms with Crippen LogP contribution in [0.3, 0.4) is 0 Å². The number of aryl methyl sites for hydroxylation is 1. The summed E-state index contributed by atoms with van der Waals surface area (Å²) in [5.41, 5.74) is 1.28. The van der Waals surface area contributed by atoms with E-state index in [4.69, 9.17) is 9.31 Å². The molecule has 1 fully saturated rings. The normalized spacial score (nSPS) is 19.5. The monoisotopic (exact) mass is 332 g/mol. The summed E-state index contributed by atoms with van der Waals surface area (Å²) in [5, 5.41) is 12.4. The molecule has 1 aliphatic rings. The van der Waals surface area contributed by atoms with Crippen molar-refractivity contribution in [2.24, 2.45) is 0 Å². The fraction of sp³-hybridized carbons (Fsp3) is 0.529. The number of nitrogens with zero attached hydrogens (tertiary/aromatic N) is 1. The van der Waals surface area contributed by atoms with Gasteiger partial charge in [0.25, 0.3) is 0 Å². The van der Waals surface area contributed by atoms with Gasteiger partial charge in [-0.15, -0.1) is 0 Å². The van der Waals surface area contributed by atoms with Crippen LogP contribution in [0.2, 0.25) is 0 Å². The van der Waals surface area contributed by atoms with Crippen molar-refractivity contribution in [1.82, 2.24) is 4.98 Å². The molecule has 0 bridgehead atoms. The third-order valence-electron chi connectivity index (χ3n) is 4.51. The van der Waals surface area contributed by atoms with Crippen LogP contribution in [0, 0.1) is 6.92 Å². The van der Waals surface area contributed by atoms with Gasteiger partial charge in [-0.3, -0.25) is 4.79 Å². The Morgan fingerprint density at radius 3 is 2.33 bits per heavy atom. The number of pyridine rings is 1. The molecule has 2 N–H and O–H groups in total. The minimum Gasteiger partial charge on any atom is -0.400 e. The number of hydrogen-bond acceptors (Lipinski definition) is 5. The summed E-state index contributed by atoms with van der Waals surface area (Å²) in [6.07, 6.45) is 1.82. The quantitative estimate of drug-likeness (QED) is 0.828. The minimum atomic E-state index is -0.602. The molecule has 1 aromatic heterocycles. The van der Waals surface area contributed by atoms with Crippen molar-refractivity contribution in [3.8, 4) is 0 Å². The van der Waals surface area contributed by atoms with Crippen molar-refractivity contribution in [3.63, 3.8) is 0 Å². The lowest BCUT2D eigenvalue weighted by Gasteiger charge is -2.32. The predicted octanol–water partition coefficient (Wildman–Crippen LogP) is 2.36. The van der Waals surface area contributed by atoms with E-state index in [0.717, 1.165) is 11.3 Å². The number of hydrogen-bond donors (Lipinski definition) is 2. The van der Waals surface area contributed by atoms with Crippen LogP contribution in [-0.2, 0) is 14.1 Å². The second-order valence-corrected chi connectivity index (χ2v) is 7.02. The molecule has 0 spiro atoms. The van der Waals surface area contributed by atoms with Gasteiger partial charge in [0.1, 0.15) is 5.82 Å². The fourth-order valence-electron chi connectivity index (χ4n) is 2.36. The summed E-state index contributed by atoms with van der Waals surface area (Å²) in [5.74, 6) is 0.330. The second-order valence-electron chi connectivity index (χ2n) is 7.02. The van der Waals surface area contributed by atoms with Crippen molar-refractivity contribution in [1.29, 1.82) is 0 Å². The number of aliphatic hydroxyl groups excluding tert-OH is 1. The van der Waals surface area contributed by atoms with Gasteiger partial charge in [0.05, 0.1) is 17.8 Å². The first-order valence-electron chi connectivity index (χ1n) is 7.98. The van der Waals surface area contributed by atoms with Crippen molar-refractivity contribution in [2.75, 3.05) is 11.9 Å². The van der Waals surface area contributed by atoms with Crippen LogP contribution in [0.15, 0.2) is 17.6 Å². The zero-order valence-electron chi connectivity index (χ0n) is 15.1. The molecule has 7 heteroatoms. The molecule has 24 heavy (non-hydrogen) atoms. The Balaban J connectivity index is 2.27. The van der Waals surface area contributed by atoms with Gasteiger partial charge >= 0.3 is 7.12 Å². The van der Waals surface area contributed by atoms with E-state index in [-0.39, 0.29) is 12.5 Å². The van der Waals surface area contributed by atoms with Crippen molar-refractivity contribution < 1.29 is 19.2 Å². The summed E-state index contributed by atoms with van der Waals surface area (Å²) in [6, 6.07) is 3.56. The lowest BCUT2D eigenvalue weighted by Crippen LogP contribution is -2.41. The van der Waals surface area contributed by atoms with E-state index in [2.05, 4.69) is 10.3 Å². The van der Waals surface area contributed by atoms with Gasteiger partial charge in [0, 0.05) is 12.6 Å². The molecule has 0 saturated carbocycles. The molecule has 2 rings (SSSR count). The maximum atomic E-state index is 11.1. The molecule has 1 aliphatic heterocycles. The number of amides is 1. The van der Waals surface area contributed by atoms with Gasteiger partial charge in [0.15, 0.2) is 0 Å². The Morgan fingerprint density at radius 1 is 1.29 bits per heavy atom. The lowest BCUT2D eigenvalue weighted by molar-refractivity contribution is -0.114. The third-order valence-corrected chi connectivity index (χ3v) is 4.51. The van der Waals surface area contributed by atoms with E-state index in [1.54, 1.807) is 6.07 Å². The van der Waals surface area contributed by atoms with E-state index < -0.39 is 18.3 Å². The van der Waals surface area contributed by atoms with Gasteiger partial charge in [-0.25, -0.2) is 4.98 Å². The Morgan fingerprint density at radius 2 is 1.88 bits per heavy atom. The first-order valence-corrected chi connectivity index (χ1v) is 7.98. The van der Waals surface area contributed by atoms with Gasteiger partial charge < -0.3 is 19.7 Å². The molecule has 0 unspecified atom stereocenters. The van der Waals surface area contributed by atoms with Crippen LogP contribution in [0.1, 0.15) is 45.9 Å². The highest BCUT2D eigenvalue weighted by molar-refractivity contribution is 6.55. The van der Waals surface area contributed by atoms with Crippen molar-refractivity contribution in [3.05, 3.63) is 28.9 Å². The highest BCUT2D eigenvalue weighted by Crippen LogP contribution is 2.38. The number of carbonyl (C=O) groups is 1. The molecule has 6 nitrogen and oxygen atoms in total. The third kappa shape index (κ3) is 3.86. The van der Waals surface area contributed by atoms with Gasteiger partial charge in [-0.05, 0) is 57.8 Å². The molecule has 1 amide bonds. The van der Waals surface area contributed by atoms with Gasteiger partial charge in [-0.2, -0.15) is 0 Å². The maximum absolute atomic E-state index is 11.1. The van der Waals surface area contributed by atoms with Crippen molar-refractivity contribution in [2.45, 2.75) is 52.7 Å². The maximum Gasteiger partial charge on any atom is 0.492 e. The summed E-state index contributed by atoms with van der Waals surface area (Å²) in [6.45, 7) is 11.0. The van der Waals surface area contributed by atoms with Crippen LogP contribution in [0.4, 0.5) is 5.82 Å². The summed E-state index contributed by atoms with van der Waals surface area (Å²) >= 11 is 0. The molecule has 2 heterocycles. The van der Waals surface area contributed by atoms with E-state index in [1.807, 2.05) is 46.8 Å². The number of aliphatic hydroxyl groups is 1. The highest BCUT2D eigenvalue weighted by Gasteiger charge is 2.52. The lowest BCUT2D eigenvalue weighted by atomic mass is 9.77. The second kappa shape index (κ2) is 6.66. The van der Waals surface area contributed by atoms with E-state index >= 15 is 0 Å². The average Bonchev–Trinajstić information content (AvgIpc) is 2.65. The number of aromatic nitrogens is 1. The Bertz CT molecular complexity index is 655. The van der Waals surface area contributed by atoms with Crippen molar-refractivity contribution >= 4 is 24.9 Å². The Labute approximate surface area is 143 Å². The first kappa shape index (κ1) is 18.6. The van der Waals surface area contributed by atoms with Crippen LogP contribution >= 0.6 is 0 Å². The summed E-state index contributed by atoms with van der Waals surface area (Å²) in [4.78, 5) is 15.4. The molecular weight excluding hydrogens is 307 g/mol. The topological polar surface area (TPSA) is 80.7 Å². The van der Waals surface area contributed by atoms with E-state index in [9.17, 15) is 9.90 Å². The molecule has 0 radical (unpaired) electrons. The average molecular weight is 332 g/mol. The molecule has 1 aromatic rings. The number of carbonyl (C=O) groups excluding carboxylic acids is 1. The van der Waals surface area contributed by atoms with E-state index in [1.165, 1.54) is 6.92 Å². The Hall–Kier alpha value is -1.70. The smallest absolute Gasteiger partial charge is 0.400 e. The summed E-state index contributed by atoms with van der Waals surface area (Å²) in [7, 11) is -0.602. The van der Waals surface area contributed by atoms with Gasteiger partial charge in [-0.1, -0.05) is 6.08 Å². The van der Waals surface area contributed by atoms with Crippen LogP contribution in [0.25, 0.3) is 6.08 Å². The van der Waals surface area contributed by atoms with Crippen LogP contribution in [-0.4, -0.2) is 40.9 Å². The molecule has 130 valence electrons. The van der Waals surface area contributed by atoms with E-state index in [0.29, 0.717) is 11.3 Å². The molecule has 0 atom stereocenters. The summed E-state index contributed by atoms with van der Waals surface area (Å²) < 4.78 is 12.0. The first-order chi connectivity index (χ1) is 11.1. The number of nitrogens with one attached hydrogen (secondary N) is 1. The predicted molar refractivity (Wildman–Crippen MR) is 94.4 cm³/mol. The van der Waals surface area contributed by atoms with Crippen LogP contribution in [0.5, 0.6) is 0 Å². The largest absolute Gasteiger partial charge is 0.492 e. The molecular formula is C17H25BN2O4. The zero-order chi connectivity index (χ0) is 18.1. The minimum absolute atomic E-state index is 0.168. The Kier molecular flexibility index (Phi) is 5.18. The zero-order valence-corrected chi connectivity index (χ0v) is 15.1. The number of rotatable bonds is 4. The standard InChI is InChI=1S/C17H25BN2O4/c1-11-13(7-8-15(19-11)20-12(2)22)9-14(10-21)18-23-16(3,4)17(5,6)24-18/h7-9,21H,10H2,1-6H3,(H,19,20,22).